The minimum absolute atomic E-state index is 0.148. The number of hydrogen-bond acceptors (Lipinski definition) is 3. The number of benzene rings is 2. The summed E-state index contributed by atoms with van der Waals surface area (Å²) >= 11 is 0. The molecule has 0 bridgehead atoms. The van der Waals surface area contributed by atoms with E-state index in [9.17, 15) is 9.18 Å². The van der Waals surface area contributed by atoms with Crippen LogP contribution in [0.25, 0.3) is 0 Å². The summed E-state index contributed by atoms with van der Waals surface area (Å²) < 4.78 is 23.9. The van der Waals surface area contributed by atoms with Crippen molar-refractivity contribution >= 4 is 11.6 Å². The minimum atomic E-state index is -0.477. The molecule has 0 aliphatic carbocycles. The molecule has 0 unspecified atom stereocenters. The highest BCUT2D eigenvalue weighted by Gasteiger charge is 2.12. The van der Waals surface area contributed by atoms with Gasteiger partial charge in [-0.3, -0.25) is 4.79 Å². The molecular weight excluding hydrogens is 273 g/mol. The number of aryl methyl sites for hydroxylation is 1. The van der Waals surface area contributed by atoms with Gasteiger partial charge in [0, 0.05) is 5.56 Å². The Morgan fingerprint density at radius 3 is 2.43 bits per heavy atom. The second kappa shape index (κ2) is 6.26. The molecule has 0 saturated heterocycles. The van der Waals surface area contributed by atoms with Gasteiger partial charge < -0.3 is 14.8 Å². The summed E-state index contributed by atoms with van der Waals surface area (Å²) in [5.74, 6) is 0.0699. The molecule has 0 saturated carbocycles. The summed E-state index contributed by atoms with van der Waals surface area (Å²) in [5.41, 5.74) is 1.36. The molecule has 0 radical (unpaired) electrons. The first kappa shape index (κ1) is 14.8. The number of hydrogen-bond donors (Lipinski definition) is 1. The van der Waals surface area contributed by atoms with E-state index in [4.69, 9.17) is 9.47 Å². The Morgan fingerprint density at radius 1 is 1.05 bits per heavy atom. The fourth-order valence-electron chi connectivity index (χ4n) is 1.91. The number of carbonyl (C=O) groups is 1. The Hall–Kier alpha value is -2.56. The van der Waals surface area contributed by atoms with Crippen LogP contribution in [0, 0.1) is 12.7 Å². The second-order valence-electron chi connectivity index (χ2n) is 4.51. The maximum absolute atomic E-state index is 13.7. The van der Waals surface area contributed by atoms with E-state index >= 15 is 0 Å². The van der Waals surface area contributed by atoms with Gasteiger partial charge in [-0.05, 0) is 42.8 Å². The average molecular weight is 289 g/mol. The predicted octanol–water partition coefficient (Wildman–Crippen LogP) is 3.40. The Labute approximate surface area is 122 Å². The van der Waals surface area contributed by atoms with Crippen molar-refractivity contribution in [3.63, 3.8) is 0 Å². The number of ether oxygens (including phenoxy) is 2. The van der Waals surface area contributed by atoms with Gasteiger partial charge in [-0.1, -0.05) is 6.07 Å². The van der Waals surface area contributed by atoms with E-state index in [1.54, 1.807) is 30.3 Å². The van der Waals surface area contributed by atoms with Crippen molar-refractivity contribution < 1.29 is 18.7 Å². The highest BCUT2D eigenvalue weighted by molar-refractivity contribution is 6.04. The Kier molecular flexibility index (Phi) is 4.42. The van der Waals surface area contributed by atoms with Crippen LogP contribution in [0.2, 0.25) is 0 Å². The average Bonchev–Trinajstić information content (AvgIpc) is 2.50. The normalized spacial score (nSPS) is 10.1. The van der Waals surface area contributed by atoms with Gasteiger partial charge in [0.05, 0.1) is 19.9 Å². The molecule has 0 aromatic heterocycles. The summed E-state index contributed by atoms with van der Waals surface area (Å²) in [6.07, 6.45) is 0. The van der Waals surface area contributed by atoms with Crippen LogP contribution in [0.3, 0.4) is 0 Å². The topological polar surface area (TPSA) is 47.6 Å². The van der Waals surface area contributed by atoms with Gasteiger partial charge >= 0.3 is 0 Å². The third-order valence-corrected chi connectivity index (χ3v) is 3.02. The largest absolute Gasteiger partial charge is 0.493 e. The number of anilines is 1. The maximum Gasteiger partial charge on any atom is 0.255 e. The lowest BCUT2D eigenvalue weighted by Gasteiger charge is -2.10. The molecule has 0 fully saturated rings. The fraction of sp³-hybridized carbons (Fsp3) is 0.188. The lowest BCUT2D eigenvalue weighted by molar-refractivity contribution is 0.102. The highest BCUT2D eigenvalue weighted by Crippen LogP contribution is 2.28. The van der Waals surface area contributed by atoms with Crippen molar-refractivity contribution in [3.05, 3.63) is 53.3 Å². The van der Waals surface area contributed by atoms with Gasteiger partial charge in [-0.15, -0.1) is 0 Å². The molecular formula is C16H16FNO3. The fourth-order valence-corrected chi connectivity index (χ4v) is 1.91. The zero-order valence-corrected chi connectivity index (χ0v) is 12.1. The molecule has 1 N–H and O–H groups in total. The third kappa shape index (κ3) is 3.31. The van der Waals surface area contributed by atoms with Crippen LogP contribution >= 0.6 is 0 Å². The number of rotatable bonds is 4. The van der Waals surface area contributed by atoms with Gasteiger partial charge in [-0.2, -0.15) is 0 Å². The van der Waals surface area contributed by atoms with Crippen molar-refractivity contribution in [3.8, 4) is 11.5 Å². The van der Waals surface area contributed by atoms with Crippen molar-refractivity contribution in [2.45, 2.75) is 6.92 Å². The van der Waals surface area contributed by atoms with Crippen molar-refractivity contribution in [2.75, 3.05) is 19.5 Å². The van der Waals surface area contributed by atoms with Crippen molar-refractivity contribution in [1.29, 1.82) is 0 Å². The van der Waals surface area contributed by atoms with E-state index in [2.05, 4.69) is 5.32 Å². The number of methoxy groups -OCH3 is 2. The molecule has 1 amide bonds. The summed E-state index contributed by atoms with van der Waals surface area (Å²) in [5, 5.41) is 2.55. The quantitative estimate of drug-likeness (QED) is 0.938. The smallest absolute Gasteiger partial charge is 0.255 e. The van der Waals surface area contributed by atoms with Gasteiger partial charge in [0.1, 0.15) is 5.82 Å². The molecule has 21 heavy (non-hydrogen) atoms. The van der Waals surface area contributed by atoms with E-state index in [0.29, 0.717) is 17.1 Å². The maximum atomic E-state index is 13.7. The lowest BCUT2D eigenvalue weighted by atomic mass is 10.1. The SMILES string of the molecule is COc1ccc(C(=O)Nc2cc(C)ccc2F)cc1OC. The number of nitrogens with one attached hydrogen (secondary N) is 1. The number of halogens is 1. The van der Waals surface area contributed by atoms with Crippen molar-refractivity contribution in [1.82, 2.24) is 0 Å². The Balaban J connectivity index is 2.26. The van der Waals surface area contributed by atoms with E-state index in [1.807, 2.05) is 6.92 Å². The molecule has 2 rings (SSSR count). The van der Waals surface area contributed by atoms with Crippen molar-refractivity contribution in [2.24, 2.45) is 0 Å². The van der Waals surface area contributed by atoms with Crippen LogP contribution in [0.15, 0.2) is 36.4 Å². The predicted molar refractivity (Wildman–Crippen MR) is 78.6 cm³/mol. The molecule has 0 aliphatic rings. The molecule has 0 heterocycles. The minimum Gasteiger partial charge on any atom is -0.493 e. The van der Waals surface area contributed by atoms with Gasteiger partial charge in [0.15, 0.2) is 11.5 Å². The standard InChI is InChI=1S/C16H16FNO3/c1-10-4-6-12(17)13(8-10)18-16(19)11-5-7-14(20-2)15(9-11)21-3/h4-9H,1-3H3,(H,18,19). The molecule has 0 spiro atoms. The van der Waals surface area contributed by atoms with Crippen LogP contribution in [0.4, 0.5) is 10.1 Å². The molecule has 110 valence electrons. The van der Waals surface area contributed by atoms with E-state index in [0.717, 1.165) is 5.56 Å². The first-order valence-electron chi connectivity index (χ1n) is 6.34. The molecule has 0 atom stereocenters. The molecule has 5 heteroatoms. The lowest BCUT2D eigenvalue weighted by Crippen LogP contribution is -2.13. The van der Waals surface area contributed by atoms with E-state index < -0.39 is 11.7 Å². The van der Waals surface area contributed by atoms with Crippen LogP contribution in [-0.2, 0) is 0 Å². The van der Waals surface area contributed by atoms with Gasteiger partial charge in [-0.25, -0.2) is 4.39 Å². The first-order chi connectivity index (χ1) is 10.0. The zero-order valence-electron chi connectivity index (χ0n) is 12.1. The Bertz CT molecular complexity index is 671. The van der Waals surface area contributed by atoms with Crippen LogP contribution in [-0.4, -0.2) is 20.1 Å². The van der Waals surface area contributed by atoms with Crippen LogP contribution in [0.1, 0.15) is 15.9 Å². The monoisotopic (exact) mass is 289 g/mol. The summed E-state index contributed by atoms with van der Waals surface area (Å²) in [6.45, 7) is 1.82. The van der Waals surface area contributed by atoms with Crippen LogP contribution in [0.5, 0.6) is 11.5 Å². The summed E-state index contributed by atoms with van der Waals surface area (Å²) in [7, 11) is 3.00. The Morgan fingerprint density at radius 2 is 1.76 bits per heavy atom. The molecule has 4 nitrogen and oxygen atoms in total. The molecule has 2 aromatic carbocycles. The molecule has 0 aliphatic heterocycles. The van der Waals surface area contributed by atoms with E-state index in [1.165, 1.54) is 20.3 Å². The number of amides is 1. The van der Waals surface area contributed by atoms with E-state index in [-0.39, 0.29) is 5.69 Å². The third-order valence-electron chi connectivity index (χ3n) is 3.02. The van der Waals surface area contributed by atoms with Gasteiger partial charge in [0.2, 0.25) is 0 Å². The van der Waals surface area contributed by atoms with Gasteiger partial charge in [0.25, 0.3) is 5.91 Å². The summed E-state index contributed by atoms with van der Waals surface area (Å²) in [4.78, 5) is 12.2. The number of carbonyl (C=O) groups excluding carboxylic acids is 1. The van der Waals surface area contributed by atoms with Crippen LogP contribution < -0.4 is 14.8 Å². The second-order valence-corrected chi connectivity index (χ2v) is 4.51. The first-order valence-corrected chi connectivity index (χ1v) is 6.34. The zero-order chi connectivity index (χ0) is 15.4. The summed E-state index contributed by atoms with van der Waals surface area (Å²) in [6, 6.07) is 9.29. The highest BCUT2D eigenvalue weighted by atomic mass is 19.1. The molecule has 2 aromatic rings.